The molecule has 18 heavy (non-hydrogen) atoms. The van der Waals surface area contributed by atoms with Gasteiger partial charge in [-0.1, -0.05) is 12.2 Å². The van der Waals surface area contributed by atoms with Crippen LogP contribution in [-0.2, 0) is 0 Å². The number of imidazole rings is 1. The van der Waals surface area contributed by atoms with Crippen molar-refractivity contribution in [3.05, 3.63) is 40.0 Å². The van der Waals surface area contributed by atoms with Crippen molar-refractivity contribution < 1.29 is 0 Å². The summed E-state index contributed by atoms with van der Waals surface area (Å²) in [5.74, 6) is 0.433. The number of anilines is 1. The molecule has 0 aliphatic carbocycles. The monoisotopic (exact) mass is 263 g/mol. The second-order valence-corrected chi connectivity index (χ2v) is 3.60. The number of rotatable bonds is 0. The molecular formula is C9H9N7OS. The van der Waals surface area contributed by atoms with E-state index in [4.69, 9.17) is 5.73 Å². The van der Waals surface area contributed by atoms with Crippen LogP contribution in [0.15, 0.2) is 29.7 Å². The quantitative estimate of drug-likeness (QED) is 0.433. The average molecular weight is 263 g/mol. The third kappa shape index (κ3) is 2.77. The second-order valence-electron chi connectivity index (χ2n) is 3.16. The lowest BCUT2D eigenvalue weighted by Gasteiger charge is -1.89. The molecule has 0 aliphatic heterocycles. The standard InChI is InChI=1S/C5H5N5.C4H4N2OS/c6-4-3-5(9-1-7-3)10-2-8-4;7-4-5-2-1-3(8)6-4/h1-2H,(H3,6,7,8,9,10);1-2H,(H2,5,6,7,8). The van der Waals surface area contributed by atoms with Crippen LogP contribution in [0.5, 0.6) is 0 Å². The number of hydrogen-bond donors (Lipinski definition) is 4. The number of nitrogens with one attached hydrogen (secondary N) is 3. The molecule has 0 radical (unpaired) electrons. The summed E-state index contributed by atoms with van der Waals surface area (Å²) in [5, 5.41) is 0. The third-order valence-electron chi connectivity index (χ3n) is 1.94. The van der Waals surface area contributed by atoms with Gasteiger partial charge in [0.1, 0.15) is 16.5 Å². The van der Waals surface area contributed by atoms with Gasteiger partial charge in [-0.25, -0.2) is 19.7 Å². The highest BCUT2D eigenvalue weighted by Crippen LogP contribution is 2.09. The molecule has 3 rings (SSSR count). The van der Waals surface area contributed by atoms with Gasteiger partial charge in [0.25, 0.3) is 0 Å². The maximum Gasteiger partial charge on any atom is 0.323 e. The predicted octanol–water partition coefficient (Wildman–Crippen LogP) is 0.368. The third-order valence-corrected chi connectivity index (χ3v) is 2.18. The maximum absolute atomic E-state index is 10.3. The van der Waals surface area contributed by atoms with Crippen LogP contribution in [0.3, 0.4) is 0 Å². The summed E-state index contributed by atoms with van der Waals surface area (Å²) >= 11 is 4.62. The molecule has 9 heteroatoms. The molecule has 3 aromatic heterocycles. The van der Waals surface area contributed by atoms with E-state index in [-0.39, 0.29) is 5.69 Å². The molecule has 0 spiro atoms. The minimum absolute atomic E-state index is 0.266. The fourth-order valence-corrected chi connectivity index (χ4v) is 1.33. The maximum atomic E-state index is 10.3. The molecule has 3 aromatic rings. The summed E-state index contributed by atoms with van der Waals surface area (Å²) in [6, 6.07) is 1.61. The van der Waals surface area contributed by atoms with Crippen molar-refractivity contribution in [2.24, 2.45) is 0 Å². The van der Waals surface area contributed by atoms with Gasteiger partial charge in [-0.15, -0.1) is 0 Å². The molecule has 0 unspecified atom stereocenters. The predicted molar refractivity (Wildman–Crippen MR) is 68.3 cm³/mol. The number of fused-ring (bicyclic) bond motifs is 1. The highest BCUT2D eigenvalue weighted by molar-refractivity contribution is 7.71. The molecule has 5 N–H and O–H groups in total. The van der Waals surface area contributed by atoms with Crippen molar-refractivity contribution in [2.75, 3.05) is 5.73 Å². The first kappa shape index (κ1) is 11.9. The largest absolute Gasteiger partial charge is 0.382 e. The Morgan fingerprint density at radius 1 is 1.22 bits per heavy atom. The van der Waals surface area contributed by atoms with E-state index in [1.807, 2.05) is 0 Å². The number of aromatic nitrogens is 6. The lowest BCUT2D eigenvalue weighted by Crippen LogP contribution is -2.07. The first-order chi connectivity index (χ1) is 8.66. The zero-order valence-electron chi connectivity index (χ0n) is 9.04. The van der Waals surface area contributed by atoms with Gasteiger partial charge in [0.15, 0.2) is 11.5 Å². The van der Waals surface area contributed by atoms with Crippen molar-refractivity contribution in [2.45, 2.75) is 0 Å². The average Bonchev–Trinajstić information content (AvgIpc) is 2.79. The van der Waals surface area contributed by atoms with Gasteiger partial charge in [0.2, 0.25) is 0 Å². The molecule has 92 valence electrons. The highest BCUT2D eigenvalue weighted by Gasteiger charge is 1.99. The lowest BCUT2D eigenvalue weighted by molar-refractivity contribution is 1.06. The van der Waals surface area contributed by atoms with Crippen LogP contribution in [0, 0.1) is 4.64 Å². The minimum atomic E-state index is -0.266. The van der Waals surface area contributed by atoms with E-state index in [1.54, 1.807) is 6.07 Å². The molecule has 0 aromatic carbocycles. The molecule has 0 atom stereocenters. The normalized spacial score (nSPS) is 9.78. The van der Waals surface area contributed by atoms with Gasteiger partial charge in [-0.05, 0) is 6.07 Å². The van der Waals surface area contributed by atoms with E-state index in [9.17, 15) is 4.79 Å². The van der Waals surface area contributed by atoms with Gasteiger partial charge >= 0.3 is 5.69 Å². The zero-order chi connectivity index (χ0) is 13.0. The Morgan fingerprint density at radius 3 is 2.67 bits per heavy atom. The first-order valence-corrected chi connectivity index (χ1v) is 5.25. The number of H-pyrrole nitrogens is 3. The van der Waals surface area contributed by atoms with Crippen molar-refractivity contribution in [1.29, 1.82) is 0 Å². The Labute approximate surface area is 105 Å². The first-order valence-electron chi connectivity index (χ1n) is 4.84. The van der Waals surface area contributed by atoms with E-state index in [0.29, 0.717) is 21.6 Å². The summed E-state index contributed by atoms with van der Waals surface area (Å²) < 4.78 is 0.453. The molecule has 3 heterocycles. The van der Waals surface area contributed by atoms with Crippen LogP contribution in [0.25, 0.3) is 11.2 Å². The summed E-state index contributed by atoms with van der Waals surface area (Å²) in [7, 11) is 0. The molecule has 0 saturated carbocycles. The molecule has 0 aliphatic rings. The smallest absolute Gasteiger partial charge is 0.323 e. The summed E-state index contributed by atoms with van der Waals surface area (Å²) in [4.78, 5) is 29.4. The van der Waals surface area contributed by atoms with Crippen molar-refractivity contribution in [3.8, 4) is 0 Å². The highest BCUT2D eigenvalue weighted by atomic mass is 32.1. The fourth-order valence-electron chi connectivity index (χ4n) is 1.17. The molecule has 0 bridgehead atoms. The number of nitrogen functional groups attached to an aromatic ring is 1. The number of nitrogens with zero attached hydrogens (tertiary/aromatic N) is 3. The fraction of sp³-hybridized carbons (Fsp3) is 0. The zero-order valence-corrected chi connectivity index (χ0v) is 9.86. The van der Waals surface area contributed by atoms with E-state index >= 15 is 0 Å². The Balaban J connectivity index is 0.000000138. The van der Waals surface area contributed by atoms with Gasteiger partial charge in [0, 0.05) is 6.20 Å². The van der Waals surface area contributed by atoms with Gasteiger partial charge in [-0.2, -0.15) is 0 Å². The summed E-state index contributed by atoms with van der Waals surface area (Å²) in [5.41, 5.74) is 6.51. The van der Waals surface area contributed by atoms with Crippen molar-refractivity contribution >= 4 is 29.2 Å². The van der Waals surface area contributed by atoms with Crippen LogP contribution >= 0.6 is 12.2 Å². The van der Waals surface area contributed by atoms with Crippen LogP contribution in [0.1, 0.15) is 0 Å². The second kappa shape index (κ2) is 5.19. The number of aromatic amines is 3. The van der Waals surface area contributed by atoms with E-state index in [0.717, 1.165) is 0 Å². The lowest BCUT2D eigenvalue weighted by atomic mass is 10.5. The van der Waals surface area contributed by atoms with Crippen LogP contribution < -0.4 is 11.4 Å². The van der Waals surface area contributed by atoms with Crippen LogP contribution in [0.2, 0.25) is 0 Å². The van der Waals surface area contributed by atoms with E-state index < -0.39 is 0 Å². The Morgan fingerprint density at radius 2 is 2.06 bits per heavy atom. The van der Waals surface area contributed by atoms with E-state index in [2.05, 4.69) is 42.1 Å². The minimum Gasteiger partial charge on any atom is -0.382 e. The van der Waals surface area contributed by atoms with Gasteiger partial charge < -0.3 is 15.7 Å². The van der Waals surface area contributed by atoms with Crippen molar-refractivity contribution in [3.63, 3.8) is 0 Å². The Hall–Kier alpha value is -2.55. The Bertz CT molecular complexity index is 733. The topological polar surface area (TPSA) is 129 Å². The summed E-state index contributed by atoms with van der Waals surface area (Å²) in [6.07, 6.45) is 4.43. The van der Waals surface area contributed by atoms with E-state index in [1.165, 1.54) is 18.9 Å². The van der Waals surface area contributed by atoms with Crippen molar-refractivity contribution in [1.82, 2.24) is 29.9 Å². The Kier molecular flexibility index (Phi) is 3.44. The van der Waals surface area contributed by atoms with Crippen LogP contribution in [0.4, 0.5) is 5.82 Å². The molecule has 0 amide bonds. The number of hydrogen-bond acceptors (Lipinski definition) is 6. The molecule has 0 fully saturated rings. The number of nitrogens with two attached hydrogens (primary N) is 1. The SMILES string of the molecule is Nc1ncnc2nc[nH]c12.O=c1[nH]ccc(=S)[nH]1. The molecular weight excluding hydrogens is 254 g/mol. The molecule has 8 nitrogen and oxygen atoms in total. The molecule has 0 saturated heterocycles. The van der Waals surface area contributed by atoms with Crippen LogP contribution in [-0.4, -0.2) is 29.9 Å². The van der Waals surface area contributed by atoms with Gasteiger partial charge in [0.05, 0.1) is 6.33 Å². The van der Waals surface area contributed by atoms with Gasteiger partial charge in [-0.3, -0.25) is 4.98 Å². The summed E-state index contributed by atoms with van der Waals surface area (Å²) in [6.45, 7) is 0.